The van der Waals surface area contributed by atoms with Gasteiger partial charge in [0.25, 0.3) is 0 Å². The Kier molecular flexibility index (Phi) is 3.50. The van der Waals surface area contributed by atoms with Crippen molar-refractivity contribution in [1.82, 2.24) is 4.57 Å². The molecule has 3 aromatic rings. The summed E-state index contributed by atoms with van der Waals surface area (Å²) in [5.41, 5.74) is 1.33. The third-order valence-electron chi connectivity index (χ3n) is 3.32. The van der Waals surface area contributed by atoms with Gasteiger partial charge in [0.2, 0.25) is 0 Å². The molecule has 0 spiro atoms. The van der Waals surface area contributed by atoms with Crippen molar-refractivity contribution in [2.24, 2.45) is 7.05 Å². The SMILES string of the molecule is Cn1cc(NC(=O)Nc2cc(F)ccc2F)c2ccccc21. The van der Waals surface area contributed by atoms with E-state index < -0.39 is 17.7 Å². The van der Waals surface area contributed by atoms with Gasteiger partial charge in [-0.1, -0.05) is 18.2 Å². The van der Waals surface area contributed by atoms with Crippen LogP contribution in [0.25, 0.3) is 10.9 Å². The molecule has 112 valence electrons. The standard InChI is InChI=1S/C16H13F2N3O/c1-21-9-14(11-4-2-3-5-15(11)21)20-16(22)19-13-8-10(17)6-7-12(13)18/h2-9H,1H3,(H2,19,20,22). The molecule has 0 aliphatic rings. The van der Waals surface area contributed by atoms with Crippen LogP contribution in [0.4, 0.5) is 25.0 Å². The maximum absolute atomic E-state index is 13.5. The maximum atomic E-state index is 13.5. The number of para-hydroxylation sites is 1. The fraction of sp³-hybridized carbons (Fsp3) is 0.0625. The Balaban J connectivity index is 1.83. The Labute approximate surface area is 125 Å². The number of nitrogens with zero attached hydrogens (tertiary/aromatic N) is 1. The van der Waals surface area contributed by atoms with Gasteiger partial charge in [-0.2, -0.15) is 0 Å². The third-order valence-corrected chi connectivity index (χ3v) is 3.32. The molecule has 0 saturated heterocycles. The summed E-state index contributed by atoms with van der Waals surface area (Å²) in [6, 6.07) is 9.79. The minimum Gasteiger partial charge on any atom is -0.348 e. The number of urea groups is 1. The number of hydrogen-bond donors (Lipinski definition) is 2. The van der Waals surface area contributed by atoms with Crippen LogP contribution in [0.15, 0.2) is 48.7 Å². The van der Waals surface area contributed by atoms with Gasteiger partial charge < -0.3 is 15.2 Å². The fourth-order valence-electron chi connectivity index (χ4n) is 2.31. The van der Waals surface area contributed by atoms with E-state index in [1.807, 2.05) is 35.9 Å². The van der Waals surface area contributed by atoms with Crippen LogP contribution in [0.2, 0.25) is 0 Å². The summed E-state index contributed by atoms with van der Waals surface area (Å²) in [4.78, 5) is 12.0. The molecule has 0 aliphatic carbocycles. The van der Waals surface area contributed by atoms with E-state index in [2.05, 4.69) is 10.6 Å². The second kappa shape index (κ2) is 5.48. The van der Waals surface area contributed by atoms with Gasteiger partial charge in [0.1, 0.15) is 11.6 Å². The molecule has 3 rings (SSSR count). The summed E-state index contributed by atoms with van der Waals surface area (Å²) in [5, 5.41) is 5.80. The predicted octanol–water partition coefficient (Wildman–Crippen LogP) is 4.10. The van der Waals surface area contributed by atoms with E-state index in [1.165, 1.54) is 0 Å². The summed E-state index contributed by atoms with van der Waals surface area (Å²) in [6.07, 6.45) is 1.76. The lowest BCUT2D eigenvalue weighted by molar-refractivity contribution is 0.262. The molecule has 0 aliphatic heterocycles. The first kappa shape index (κ1) is 14.1. The normalized spacial score (nSPS) is 10.7. The largest absolute Gasteiger partial charge is 0.348 e. The zero-order valence-corrected chi connectivity index (χ0v) is 11.7. The lowest BCUT2D eigenvalue weighted by atomic mass is 10.2. The van der Waals surface area contributed by atoms with Crippen molar-refractivity contribution < 1.29 is 13.6 Å². The van der Waals surface area contributed by atoms with Crippen LogP contribution in [-0.4, -0.2) is 10.6 Å². The van der Waals surface area contributed by atoms with Crippen molar-refractivity contribution in [3.8, 4) is 0 Å². The van der Waals surface area contributed by atoms with Crippen molar-refractivity contribution >= 4 is 28.3 Å². The fourth-order valence-corrected chi connectivity index (χ4v) is 2.31. The molecule has 2 aromatic carbocycles. The number of hydrogen-bond acceptors (Lipinski definition) is 1. The van der Waals surface area contributed by atoms with Crippen molar-refractivity contribution in [2.75, 3.05) is 10.6 Å². The maximum Gasteiger partial charge on any atom is 0.323 e. The number of anilines is 2. The van der Waals surface area contributed by atoms with Gasteiger partial charge in [-0.15, -0.1) is 0 Å². The summed E-state index contributed by atoms with van der Waals surface area (Å²) < 4.78 is 28.5. The van der Waals surface area contributed by atoms with E-state index in [9.17, 15) is 13.6 Å². The molecular weight excluding hydrogens is 288 g/mol. The topological polar surface area (TPSA) is 46.1 Å². The lowest BCUT2D eigenvalue weighted by Gasteiger charge is -2.07. The van der Waals surface area contributed by atoms with Crippen molar-refractivity contribution in [3.05, 3.63) is 60.3 Å². The Hall–Kier alpha value is -2.89. The first-order valence-electron chi connectivity index (χ1n) is 6.62. The third kappa shape index (κ3) is 2.63. The number of nitrogens with one attached hydrogen (secondary N) is 2. The minimum atomic E-state index is -0.700. The average molecular weight is 301 g/mol. The summed E-state index contributed by atoms with van der Waals surface area (Å²) in [6.45, 7) is 0. The number of carbonyl (C=O) groups excluding carboxylic acids is 1. The van der Waals surface area contributed by atoms with Crippen LogP contribution in [-0.2, 0) is 7.05 Å². The molecule has 4 nitrogen and oxygen atoms in total. The molecular formula is C16H13F2N3O. The molecule has 0 fully saturated rings. The number of aromatic nitrogens is 1. The molecule has 0 atom stereocenters. The van der Waals surface area contributed by atoms with Gasteiger partial charge in [-0.05, 0) is 18.2 Å². The van der Waals surface area contributed by atoms with Crippen LogP contribution in [0.3, 0.4) is 0 Å². The van der Waals surface area contributed by atoms with Crippen LogP contribution < -0.4 is 10.6 Å². The van der Waals surface area contributed by atoms with E-state index >= 15 is 0 Å². The quantitative estimate of drug-likeness (QED) is 0.735. The monoisotopic (exact) mass is 301 g/mol. The van der Waals surface area contributed by atoms with E-state index in [4.69, 9.17) is 0 Å². The van der Waals surface area contributed by atoms with Crippen molar-refractivity contribution in [2.45, 2.75) is 0 Å². The number of aryl methyl sites for hydroxylation is 1. The van der Waals surface area contributed by atoms with Crippen molar-refractivity contribution in [1.29, 1.82) is 0 Å². The first-order chi connectivity index (χ1) is 10.5. The molecule has 2 N–H and O–H groups in total. The second-order valence-corrected chi connectivity index (χ2v) is 4.87. The molecule has 0 bridgehead atoms. The smallest absolute Gasteiger partial charge is 0.323 e. The van der Waals surface area contributed by atoms with Gasteiger partial charge in [-0.25, -0.2) is 13.6 Å². The van der Waals surface area contributed by atoms with Gasteiger partial charge in [0.15, 0.2) is 0 Å². The number of benzene rings is 2. The van der Waals surface area contributed by atoms with E-state index in [0.29, 0.717) is 5.69 Å². The predicted molar refractivity (Wildman–Crippen MR) is 81.9 cm³/mol. The second-order valence-electron chi connectivity index (χ2n) is 4.87. The van der Waals surface area contributed by atoms with Gasteiger partial charge in [-0.3, -0.25) is 0 Å². The highest BCUT2D eigenvalue weighted by atomic mass is 19.1. The molecule has 1 aromatic heterocycles. The van der Waals surface area contributed by atoms with Crippen LogP contribution in [0, 0.1) is 11.6 Å². The summed E-state index contributed by atoms with van der Waals surface area (Å²) in [5.74, 6) is -1.32. The minimum absolute atomic E-state index is 0.210. The highest BCUT2D eigenvalue weighted by molar-refractivity contribution is 6.06. The zero-order valence-electron chi connectivity index (χ0n) is 11.7. The highest BCUT2D eigenvalue weighted by Crippen LogP contribution is 2.25. The first-order valence-corrected chi connectivity index (χ1v) is 6.62. The molecule has 0 unspecified atom stereocenters. The Bertz CT molecular complexity index is 858. The number of fused-ring (bicyclic) bond motifs is 1. The van der Waals surface area contributed by atoms with E-state index in [-0.39, 0.29) is 5.69 Å². The number of carbonyl (C=O) groups is 1. The number of halogens is 2. The zero-order chi connectivity index (χ0) is 15.7. The number of amides is 2. The number of rotatable bonds is 2. The molecule has 1 heterocycles. The van der Waals surface area contributed by atoms with Gasteiger partial charge in [0.05, 0.1) is 11.4 Å². The van der Waals surface area contributed by atoms with Gasteiger partial charge in [0, 0.05) is 30.2 Å². The molecule has 6 heteroatoms. The average Bonchev–Trinajstić information content (AvgIpc) is 2.80. The Morgan fingerprint density at radius 1 is 1.05 bits per heavy atom. The lowest BCUT2D eigenvalue weighted by Crippen LogP contribution is -2.20. The van der Waals surface area contributed by atoms with Crippen LogP contribution in [0.1, 0.15) is 0 Å². The Morgan fingerprint density at radius 3 is 2.59 bits per heavy atom. The van der Waals surface area contributed by atoms with Crippen LogP contribution >= 0.6 is 0 Å². The highest BCUT2D eigenvalue weighted by Gasteiger charge is 2.11. The summed E-state index contributed by atoms with van der Waals surface area (Å²) in [7, 11) is 1.86. The Morgan fingerprint density at radius 2 is 1.77 bits per heavy atom. The molecule has 0 radical (unpaired) electrons. The van der Waals surface area contributed by atoms with Crippen LogP contribution in [0.5, 0.6) is 0 Å². The van der Waals surface area contributed by atoms with Crippen molar-refractivity contribution in [3.63, 3.8) is 0 Å². The van der Waals surface area contributed by atoms with Gasteiger partial charge >= 0.3 is 6.03 Å². The molecule has 2 amide bonds. The van der Waals surface area contributed by atoms with E-state index in [1.54, 1.807) is 6.20 Å². The molecule has 0 saturated carbocycles. The molecule has 22 heavy (non-hydrogen) atoms. The summed E-state index contributed by atoms with van der Waals surface area (Å²) >= 11 is 0. The van der Waals surface area contributed by atoms with E-state index in [0.717, 1.165) is 29.1 Å².